The molecule has 0 bridgehead atoms. The fourth-order valence-corrected chi connectivity index (χ4v) is 2.40. The molecule has 5 heteroatoms. The summed E-state index contributed by atoms with van der Waals surface area (Å²) in [6.07, 6.45) is 1.67. The Morgan fingerprint density at radius 1 is 1.33 bits per heavy atom. The second-order valence-electron chi connectivity index (χ2n) is 4.78. The van der Waals surface area contributed by atoms with Crippen molar-refractivity contribution in [2.24, 2.45) is 5.10 Å². The van der Waals surface area contributed by atoms with E-state index in [0.29, 0.717) is 10.6 Å². The zero-order chi connectivity index (χ0) is 15.4. The lowest BCUT2D eigenvalue weighted by atomic mass is 10.2. The van der Waals surface area contributed by atoms with E-state index in [4.69, 9.17) is 11.6 Å². The second kappa shape index (κ2) is 6.59. The van der Waals surface area contributed by atoms with E-state index < -0.39 is 0 Å². The zero-order valence-electron chi connectivity index (χ0n) is 12.4. The smallest absolute Gasteiger partial charge is 0.271 e. The predicted molar refractivity (Wildman–Crippen MR) is 86.1 cm³/mol. The molecule has 0 spiro atoms. The van der Waals surface area contributed by atoms with Crippen LogP contribution in [0.1, 0.15) is 34.2 Å². The van der Waals surface area contributed by atoms with Crippen LogP contribution in [0.25, 0.3) is 0 Å². The number of aryl methyl sites for hydroxylation is 1. The van der Waals surface area contributed by atoms with Crippen molar-refractivity contribution in [1.29, 1.82) is 0 Å². The van der Waals surface area contributed by atoms with E-state index >= 15 is 0 Å². The first-order chi connectivity index (χ1) is 10.0. The Bertz CT molecular complexity index is 672. The van der Waals surface area contributed by atoms with Crippen molar-refractivity contribution in [3.8, 4) is 0 Å². The molecule has 0 fully saturated rings. The van der Waals surface area contributed by atoms with Gasteiger partial charge >= 0.3 is 0 Å². The molecule has 0 aliphatic heterocycles. The second-order valence-corrected chi connectivity index (χ2v) is 5.21. The third kappa shape index (κ3) is 3.52. The predicted octanol–water partition coefficient (Wildman–Crippen LogP) is 3.54. The van der Waals surface area contributed by atoms with Gasteiger partial charge in [-0.3, -0.25) is 4.79 Å². The Kier molecular flexibility index (Phi) is 4.81. The third-order valence-corrected chi connectivity index (χ3v) is 3.66. The molecule has 0 atom stereocenters. The van der Waals surface area contributed by atoms with Gasteiger partial charge in [0.2, 0.25) is 0 Å². The van der Waals surface area contributed by atoms with E-state index in [1.54, 1.807) is 30.5 Å². The Hall–Kier alpha value is -2.07. The summed E-state index contributed by atoms with van der Waals surface area (Å²) < 4.78 is 2.20. The van der Waals surface area contributed by atoms with Gasteiger partial charge in [-0.2, -0.15) is 5.10 Å². The van der Waals surface area contributed by atoms with Crippen LogP contribution < -0.4 is 5.43 Å². The summed E-state index contributed by atoms with van der Waals surface area (Å²) in [5.41, 5.74) is 6.37. The number of carbonyl (C=O) groups is 1. The van der Waals surface area contributed by atoms with Crippen LogP contribution in [-0.4, -0.2) is 16.7 Å². The quantitative estimate of drug-likeness (QED) is 0.681. The van der Waals surface area contributed by atoms with Crippen molar-refractivity contribution in [3.05, 3.63) is 57.9 Å². The van der Waals surface area contributed by atoms with Gasteiger partial charge in [0.1, 0.15) is 0 Å². The molecule has 1 N–H and O–H groups in total. The summed E-state index contributed by atoms with van der Waals surface area (Å²) in [5, 5.41) is 4.62. The summed E-state index contributed by atoms with van der Waals surface area (Å²) in [7, 11) is 0. The van der Waals surface area contributed by atoms with Crippen molar-refractivity contribution >= 4 is 23.7 Å². The van der Waals surface area contributed by atoms with Gasteiger partial charge in [0.05, 0.1) is 6.21 Å². The Morgan fingerprint density at radius 2 is 2.00 bits per heavy atom. The first-order valence-electron chi connectivity index (χ1n) is 6.78. The van der Waals surface area contributed by atoms with Crippen LogP contribution in [0, 0.1) is 13.8 Å². The van der Waals surface area contributed by atoms with Crippen LogP contribution in [0.2, 0.25) is 5.02 Å². The maximum atomic E-state index is 11.9. The number of hydrogen-bond acceptors (Lipinski definition) is 2. The molecule has 4 nitrogen and oxygen atoms in total. The lowest BCUT2D eigenvalue weighted by molar-refractivity contribution is 0.0955. The Morgan fingerprint density at radius 3 is 2.57 bits per heavy atom. The average molecular weight is 304 g/mol. The molecule has 1 heterocycles. The molecule has 21 heavy (non-hydrogen) atoms. The lowest BCUT2D eigenvalue weighted by Gasteiger charge is -2.04. The van der Waals surface area contributed by atoms with Crippen LogP contribution in [-0.2, 0) is 6.54 Å². The van der Waals surface area contributed by atoms with Gasteiger partial charge in [0.15, 0.2) is 0 Å². The number of hydrogen-bond donors (Lipinski definition) is 1. The highest BCUT2D eigenvalue weighted by molar-refractivity contribution is 6.30. The monoisotopic (exact) mass is 303 g/mol. The van der Waals surface area contributed by atoms with Crippen molar-refractivity contribution in [2.45, 2.75) is 27.3 Å². The number of nitrogens with one attached hydrogen (secondary N) is 1. The number of halogens is 1. The van der Waals surface area contributed by atoms with Gasteiger partial charge in [-0.1, -0.05) is 11.6 Å². The maximum Gasteiger partial charge on any atom is 0.271 e. The van der Waals surface area contributed by atoms with E-state index in [1.807, 2.05) is 6.92 Å². The van der Waals surface area contributed by atoms with Gasteiger partial charge in [-0.15, -0.1) is 0 Å². The average Bonchev–Trinajstić information content (AvgIpc) is 2.73. The summed E-state index contributed by atoms with van der Waals surface area (Å²) >= 11 is 5.79. The van der Waals surface area contributed by atoms with Crippen LogP contribution in [0.4, 0.5) is 0 Å². The molecule has 1 amide bonds. The van der Waals surface area contributed by atoms with Crippen molar-refractivity contribution in [3.63, 3.8) is 0 Å². The molecular weight excluding hydrogens is 286 g/mol. The number of aromatic nitrogens is 1. The normalized spacial score (nSPS) is 11.0. The van der Waals surface area contributed by atoms with Gasteiger partial charge in [0.25, 0.3) is 5.91 Å². The van der Waals surface area contributed by atoms with E-state index in [9.17, 15) is 4.79 Å². The zero-order valence-corrected chi connectivity index (χ0v) is 13.1. The largest absolute Gasteiger partial charge is 0.349 e. The fraction of sp³-hybridized carbons (Fsp3) is 0.250. The van der Waals surface area contributed by atoms with Crippen molar-refractivity contribution < 1.29 is 4.79 Å². The maximum absolute atomic E-state index is 11.9. The molecule has 0 unspecified atom stereocenters. The fourth-order valence-electron chi connectivity index (χ4n) is 2.27. The minimum Gasteiger partial charge on any atom is -0.349 e. The molecule has 0 saturated carbocycles. The molecule has 2 aromatic rings. The summed E-state index contributed by atoms with van der Waals surface area (Å²) in [5.74, 6) is -0.257. The van der Waals surface area contributed by atoms with Crippen molar-refractivity contribution in [1.82, 2.24) is 9.99 Å². The Balaban J connectivity index is 2.05. The highest BCUT2D eigenvalue weighted by Crippen LogP contribution is 2.13. The molecule has 0 radical (unpaired) electrons. The molecule has 1 aromatic heterocycles. The first kappa shape index (κ1) is 15.3. The molecule has 1 aromatic carbocycles. The van der Waals surface area contributed by atoms with Crippen molar-refractivity contribution in [2.75, 3.05) is 0 Å². The topological polar surface area (TPSA) is 46.4 Å². The van der Waals surface area contributed by atoms with Crippen LogP contribution >= 0.6 is 11.6 Å². The standard InChI is InChI=1S/C16H18ClN3O/c1-4-20-11(2)9-14(12(20)3)10-18-19-16(21)13-5-7-15(17)8-6-13/h5-10H,4H2,1-3H3,(H,19,21)/b18-10-. The van der Waals surface area contributed by atoms with E-state index in [2.05, 4.69) is 35.0 Å². The van der Waals surface area contributed by atoms with E-state index in [1.165, 1.54) is 5.69 Å². The van der Waals surface area contributed by atoms with Gasteiger partial charge in [0, 0.05) is 34.1 Å². The number of rotatable bonds is 4. The summed E-state index contributed by atoms with van der Waals surface area (Å²) in [6.45, 7) is 7.12. The lowest BCUT2D eigenvalue weighted by Crippen LogP contribution is -2.17. The Labute approximate surface area is 129 Å². The number of nitrogens with zero attached hydrogens (tertiary/aromatic N) is 2. The number of benzene rings is 1. The van der Waals surface area contributed by atoms with Gasteiger partial charge < -0.3 is 4.57 Å². The van der Waals surface area contributed by atoms with Crippen LogP contribution in [0.15, 0.2) is 35.4 Å². The van der Waals surface area contributed by atoms with Gasteiger partial charge in [-0.25, -0.2) is 5.43 Å². The highest BCUT2D eigenvalue weighted by atomic mass is 35.5. The number of amides is 1. The molecule has 0 aliphatic rings. The van der Waals surface area contributed by atoms with E-state index in [-0.39, 0.29) is 5.91 Å². The minimum absolute atomic E-state index is 0.257. The first-order valence-corrected chi connectivity index (χ1v) is 7.16. The third-order valence-electron chi connectivity index (χ3n) is 3.41. The molecule has 0 aliphatic carbocycles. The summed E-state index contributed by atoms with van der Waals surface area (Å²) in [6, 6.07) is 8.73. The minimum atomic E-state index is -0.257. The molecular formula is C16H18ClN3O. The SMILES string of the molecule is CCn1c(C)cc(/C=N\NC(=O)c2ccc(Cl)cc2)c1C. The molecule has 110 valence electrons. The van der Waals surface area contributed by atoms with Gasteiger partial charge in [-0.05, 0) is 51.1 Å². The van der Waals surface area contributed by atoms with E-state index in [0.717, 1.165) is 17.8 Å². The number of carbonyl (C=O) groups excluding carboxylic acids is 1. The van der Waals surface area contributed by atoms with Crippen LogP contribution in [0.5, 0.6) is 0 Å². The highest BCUT2D eigenvalue weighted by Gasteiger charge is 2.06. The van der Waals surface area contributed by atoms with Crippen LogP contribution in [0.3, 0.4) is 0 Å². The summed E-state index contributed by atoms with van der Waals surface area (Å²) in [4.78, 5) is 11.9. The molecule has 2 rings (SSSR count). The molecule has 0 saturated heterocycles. The number of hydrazone groups is 1.